The Morgan fingerprint density at radius 1 is 0.867 bits per heavy atom. The van der Waals surface area contributed by atoms with Crippen molar-refractivity contribution in [2.45, 2.75) is 70.9 Å². The molecular formula is C12H22F3. The molecule has 0 aromatic rings. The van der Waals surface area contributed by atoms with Crippen LogP contribution >= 0.6 is 0 Å². The van der Waals surface area contributed by atoms with Gasteiger partial charge in [-0.2, -0.15) is 8.78 Å². The quantitative estimate of drug-likeness (QED) is 0.442. The van der Waals surface area contributed by atoms with Crippen LogP contribution in [0.3, 0.4) is 0 Å². The number of hydrogen-bond donors (Lipinski definition) is 0. The molecule has 0 aromatic heterocycles. The van der Waals surface area contributed by atoms with Gasteiger partial charge in [-0.3, -0.25) is 0 Å². The second-order valence-electron chi connectivity index (χ2n) is 4.02. The molecule has 0 spiro atoms. The standard InChI is InChI=1S/C12H22F3/c1-2-3-4-5-6-7-8-9-10-11(13)12(14)15/h11H,2-10H2,1H3. The topological polar surface area (TPSA) is 0 Å². The van der Waals surface area contributed by atoms with E-state index in [1.807, 2.05) is 0 Å². The maximum absolute atomic E-state index is 12.4. The van der Waals surface area contributed by atoms with Crippen LogP contribution in [0.4, 0.5) is 13.2 Å². The van der Waals surface area contributed by atoms with Crippen molar-refractivity contribution in [3.63, 3.8) is 0 Å². The lowest BCUT2D eigenvalue weighted by Gasteiger charge is -2.05. The van der Waals surface area contributed by atoms with Gasteiger partial charge in [0, 0.05) is 0 Å². The Hall–Kier alpha value is -0.210. The first kappa shape index (κ1) is 14.8. The summed E-state index contributed by atoms with van der Waals surface area (Å²) >= 11 is 0. The van der Waals surface area contributed by atoms with Gasteiger partial charge in [0.2, 0.25) is 0 Å². The van der Waals surface area contributed by atoms with E-state index in [1.54, 1.807) is 0 Å². The SMILES string of the molecule is CCCCCCCCCCC(F)[C](F)F. The maximum Gasteiger partial charge on any atom is 0.343 e. The van der Waals surface area contributed by atoms with Crippen LogP contribution in [-0.4, -0.2) is 6.17 Å². The van der Waals surface area contributed by atoms with E-state index >= 15 is 0 Å². The molecule has 1 unspecified atom stereocenters. The van der Waals surface area contributed by atoms with Crippen molar-refractivity contribution in [2.24, 2.45) is 0 Å². The molecule has 0 amide bonds. The normalized spacial score (nSPS) is 13.4. The van der Waals surface area contributed by atoms with Gasteiger partial charge in [0.15, 0.2) is 6.17 Å². The summed E-state index contributed by atoms with van der Waals surface area (Å²) in [5.41, 5.74) is 0. The van der Waals surface area contributed by atoms with Crippen molar-refractivity contribution in [3.8, 4) is 0 Å². The lowest BCUT2D eigenvalue weighted by Crippen LogP contribution is -2.03. The molecule has 0 aromatic carbocycles. The van der Waals surface area contributed by atoms with Crippen LogP contribution in [-0.2, 0) is 0 Å². The molecule has 0 bridgehead atoms. The van der Waals surface area contributed by atoms with Gasteiger partial charge in [-0.15, -0.1) is 0 Å². The lowest BCUT2D eigenvalue weighted by atomic mass is 10.1. The second kappa shape index (κ2) is 10.3. The van der Waals surface area contributed by atoms with E-state index in [1.165, 1.54) is 25.7 Å². The molecule has 3 heteroatoms. The molecule has 0 aliphatic rings. The summed E-state index contributed by atoms with van der Waals surface area (Å²) in [6, 6.07) is 0. The zero-order valence-corrected chi connectivity index (χ0v) is 9.58. The number of rotatable bonds is 10. The fraction of sp³-hybridized carbons (Fsp3) is 0.917. The van der Waals surface area contributed by atoms with Gasteiger partial charge in [-0.25, -0.2) is 4.39 Å². The first-order valence-electron chi connectivity index (χ1n) is 6.00. The van der Waals surface area contributed by atoms with Crippen molar-refractivity contribution >= 4 is 0 Å². The molecule has 0 nitrogen and oxygen atoms in total. The molecule has 0 aliphatic heterocycles. The first-order chi connectivity index (χ1) is 7.18. The zero-order chi connectivity index (χ0) is 11.5. The monoisotopic (exact) mass is 223 g/mol. The zero-order valence-electron chi connectivity index (χ0n) is 9.58. The summed E-state index contributed by atoms with van der Waals surface area (Å²) in [6.45, 7) is 2.17. The molecule has 1 radical (unpaired) electrons. The Morgan fingerprint density at radius 2 is 1.33 bits per heavy atom. The number of alkyl halides is 1. The van der Waals surface area contributed by atoms with E-state index in [0.717, 1.165) is 19.3 Å². The van der Waals surface area contributed by atoms with Gasteiger partial charge in [0.1, 0.15) is 0 Å². The largest absolute Gasteiger partial charge is 0.343 e. The number of unbranched alkanes of at least 4 members (excludes halogenated alkanes) is 7. The van der Waals surface area contributed by atoms with Crippen LogP contribution in [0.1, 0.15) is 64.7 Å². The van der Waals surface area contributed by atoms with Crippen LogP contribution in [0.2, 0.25) is 0 Å². The van der Waals surface area contributed by atoms with Crippen molar-refractivity contribution < 1.29 is 13.2 Å². The van der Waals surface area contributed by atoms with Crippen molar-refractivity contribution in [3.05, 3.63) is 6.43 Å². The third kappa shape index (κ3) is 10.1. The predicted molar refractivity (Wildman–Crippen MR) is 57.6 cm³/mol. The van der Waals surface area contributed by atoms with E-state index in [2.05, 4.69) is 6.92 Å². The smallest absolute Gasteiger partial charge is 0.241 e. The Labute approximate surface area is 91.3 Å². The molecule has 0 N–H and O–H groups in total. The lowest BCUT2D eigenvalue weighted by molar-refractivity contribution is 0.148. The van der Waals surface area contributed by atoms with E-state index in [0.29, 0.717) is 6.42 Å². The van der Waals surface area contributed by atoms with Crippen LogP contribution in [0.15, 0.2) is 0 Å². The van der Waals surface area contributed by atoms with Gasteiger partial charge in [0.25, 0.3) is 0 Å². The van der Waals surface area contributed by atoms with Gasteiger partial charge in [0.05, 0.1) is 0 Å². The van der Waals surface area contributed by atoms with Crippen molar-refractivity contribution in [1.29, 1.82) is 0 Å². The van der Waals surface area contributed by atoms with Crippen LogP contribution in [0.5, 0.6) is 0 Å². The van der Waals surface area contributed by atoms with Crippen LogP contribution in [0, 0.1) is 6.43 Å². The molecule has 0 heterocycles. The molecule has 1 atom stereocenters. The molecule has 0 rings (SSSR count). The summed E-state index contributed by atoms with van der Waals surface area (Å²) in [4.78, 5) is 0. The van der Waals surface area contributed by atoms with E-state index < -0.39 is 12.6 Å². The highest BCUT2D eigenvalue weighted by molar-refractivity contribution is 4.72. The highest BCUT2D eigenvalue weighted by Gasteiger charge is 2.20. The van der Waals surface area contributed by atoms with Gasteiger partial charge < -0.3 is 0 Å². The minimum atomic E-state index is -2.07. The second-order valence-corrected chi connectivity index (χ2v) is 4.02. The van der Waals surface area contributed by atoms with E-state index in [9.17, 15) is 13.2 Å². The third-order valence-corrected chi connectivity index (χ3v) is 2.55. The van der Waals surface area contributed by atoms with E-state index in [-0.39, 0.29) is 6.42 Å². The Kier molecular flexibility index (Phi) is 10.2. The summed E-state index contributed by atoms with van der Waals surface area (Å²) in [7, 11) is 0. The summed E-state index contributed by atoms with van der Waals surface area (Å²) in [5.74, 6) is 0. The van der Waals surface area contributed by atoms with Gasteiger partial charge >= 0.3 is 6.43 Å². The fourth-order valence-corrected chi connectivity index (χ4v) is 1.57. The Bertz CT molecular complexity index is 126. The van der Waals surface area contributed by atoms with E-state index in [4.69, 9.17) is 0 Å². The van der Waals surface area contributed by atoms with Crippen molar-refractivity contribution in [2.75, 3.05) is 0 Å². The molecule has 15 heavy (non-hydrogen) atoms. The molecular weight excluding hydrogens is 201 g/mol. The molecule has 0 saturated carbocycles. The Balaban J connectivity index is 3.05. The molecule has 0 aliphatic carbocycles. The highest BCUT2D eigenvalue weighted by atomic mass is 19.3. The molecule has 91 valence electrons. The predicted octanol–water partition coefficient (Wildman–Crippen LogP) is 5.28. The minimum absolute atomic E-state index is 0.0166. The average Bonchev–Trinajstić information content (AvgIpc) is 2.21. The summed E-state index contributed by atoms with van der Waals surface area (Å²) in [6.07, 6.45) is 4.55. The number of hydrogen-bond acceptors (Lipinski definition) is 0. The highest BCUT2D eigenvalue weighted by Crippen LogP contribution is 2.20. The molecule has 0 saturated heterocycles. The minimum Gasteiger partial charge on any atom is -0.241 e. The fourth-order valence-electron chi connectivity index (χ4n) is 1.57. The maximum atomic E-state index is 12.4. The molecule has 0 fully saturated rings. The van der Waals surface area contributed by atoms with Crippen LogP contribution < -0.4 is 0 Å². The van der Waals surface area contributed by atoms with Crippen LogP contribution in [0.25, 0.3) is 0 Å². The average molecular weight is 223 g/mol. The summed E-state index contributed by atoms with van der Waals surface area (Å²) < 4.78 is 35.8. The van der Waals surface area contributed by atoms with Gasteiger partial charge in [-0.05, 0) is 6.42 Å². The van der Waals surface area contributed by atoms with Crippen molar-refractivity contribution in [1.82, 2.24) is 0 Å². The third-order valence-electron chi connectivity index (χ3n) is 2.55. The Morgan fingerprint density at radius 3 is 1.80 bits per heavy atom. The van der Waals surface area contributed by atoms with Gasteiger partial charge in [-0.1, -0.05) is 58.3 Å². The summed E-state index contributed by atoms with van der Waals surface area (Å²) in [5, 5.41) is 0. The first-order valence-corrected chi connectivity index (χ1v) is 6.00. The number of halogens is 3.